The highest BCUT2D eigenvalue weighted by Crippen LogP contribution is 2.42. The lowest BCUT2D eigenvalue weighted by atomic mass is 10.3. The summed E-state index contributed by atoms with van der Waals surface area (Å²) in [5.41, 5.74) is 0.562. The van der Waals surface area contributed by atoms with Crippen LogP contribution in [-0.4, -0.2) is 30.0 Å². The largest absolute Gasteiger partial charge is 0.586 e. The fraction of sp³-hybridized carbons (Fsp3) is 0.417. The van der Waals surface area contributed by atoms with E-state index in [0.717, 1.165) is 18.7 Å². The van der Waals surface area contributed by atoms with Crippen molar-refractivity contribution in [2.24, 2.45) is 0 Å². The Labute approximate surface area is 125 Å². The Hall–Kier alpha value is -1.28. The van der Waals surface area contributed by atoms with Crippen molar-refractivity contribution in [2.75, 3.05) is 23.9 Å². The molecule has 1 aliphatic heterocycles. The molecule has 0 aliphatic carbocycles. The molecule has 0 saturated carbocycles. The quantitative estimate of drug-likeness (QED) is 0.642. The maximum atomic E-state index is 12.9. The van der Waals surface area contributed by atoms with E-state index in [1.165, 1.54) is 12.1 Å². The molecule has 1 heterocycles. The number of hydrogen-bond acceptors (Lipinski definition) is 4. The molecule has 1 aliphatic rings. The predicted octanol–water partition coefficient (Wildman–Crippen LogP) is 3.05. The van der Waals surface area contributed by atoms with E-state index in [2.05, 4.69) is 20.1 Å². The molecule has 0 spiro atoms. The van der Waals surface area contributed by atoms with Crippen molar-refractivity contribution < 1.29 is 18.3 Å². The number of ether oxygens (including phenoxy) is 2. The summed E-state index contributed by atoms with van der Waals surface area (Å²) in [4.78, 5) is 0. The van der Waals surface area contributed by atoms with Crippen LogP contribution in [0.1, 0.15) is 6.42 Å². The molecule has 1 aromatic rings. The standard InChI is InChI=1S/C12H14F2N2O2S2/c1-20-6-2-5-15-11(19)16-8-3-4-9-10(7-8)18-12(13,14)17-9/h3-4,7H,2,5-6H2,1H3,(H2,15,16,19). The zero-order valence-corrected chi connectivity index (χ0v) is 12.4. The summed E-state index contributed by atoms with van der Waals surface area (Å²) in [6.45, 7) is 0.759. The molecule has 1 aromatic carbocycles. The van der Waals surface area contributed by atoms with Gasteiger partial charge in [0.05, 0.1) is 0 Å². The summed E-state index contributed by atoms with van der Waals surface area (Å²) >= 11 is 6.87. The van der Waals surface area contributed by atoms with Crippen LogP contribution in [0.25, 0.3) is 0 Å². The van der Waals surface area contributed by atoms with E-state index in [9.17, 15) is 8.78 Å². The van der Waals surface area contributed by atoms with Crippen LogP contribution >= 0.6 is 24.0 Å². The van der Waals surface area contributed by atoms with Gasteiger partial charge in [0, 0.05) is 18.3 Å². The predicted molar refractivity (Wildman–Crippen MR) is 79.9 cm³/mol. The molecule has 0 aromatic heterocycles. The topological polar surface area (TPSA) is 42.5 Å². The molecule has 2 N–H and O–H groups in total. The van der Waals surface area contributed by atoms with Gasteiger partial charge in [-0.05, 0) is 42.8 Å². The molecule has 2 rings (SSSR count). The van der Waals surface area contributed by atoms with E-state index >= 15 is 0 Å². The first-order chi connectivity index (χ1) is 9.50. The first-order valence-electron chi connectivity index (χ1n) is 5.94. The highest BCUT2D eigenvalue weighted by Gasteiger charge is 2.43. The molecule has 110 valence electrons. The van der Waals surface area contributed by atoms with Crippen molar-refractivity contribution in [3.63, 3.8) is 0 Å². The van der Waals surface area contributed by atoms with E-state index in [0.29, 0.717) is 10.8 Å². The third-order valence-electron chi connectivity index (χ3n) is 2.47. The number of halogens is 2. The number of rotatable bonds is 5. The van der Waals surface area contributed by atoms with Gasteiger partial charge in [-0.3, -0.25) is 0 Å². The first kappa shape index (κ1) is 15.1. The zero-order chi connectivity index (χ0) is 14.6. The van der Waals surface area contributed by atoms with E-state index in [1.54, 1.807) is 17.8 Å². The molecular formula is C12H14F2N2O2S2. The second-order valence-electron chi connectivity index (χ2n) is 4.06. The van der Waals surface area contributed by atoms with E-state index in [1.807, 2.05) is 6.26 Å². The van der Waals surface area contributed by atoms with Crippen LogP contribution in [0.2, 0.25) is 0 Å². The molecule has 0 atom stereocenters. The van der Waals surface area contributed by atoms with Gasteiger partial charge in [0.2, 0.25) is 0 Å². The number of benzene rings is 1. The lowest BCUT2D eigenvalue weighted by Crippen LogP contribution is -2.29. The zero-order valence-electron chi connectivity index (χ0n) is 10.7. The summed E-state index contributed by atoms with van der Waals surface area (Å²) in [5, 5.41) is 6.39. The van der Waals surface area contributed by atoms with Crippen molar-refractivity contribution in [1.82, 2.24) is 5.32 Å². The normalized spacial score (nSPS) is 14.9. The van der Waals surface area contributed by atoms with Crippen LogP contribution < -0.4 is 20.1 Å². The Morgan fingerprint density at radius 2 is 2.10 bits per heavy atom. The minimum absolute atomic E-state index is 0.00909. The van der Waals surface area contributed by atoms with Gasteiger partial charge in [0.1, 0.15) is 0 Å². The highest BCUT2D eigenvalue weighted by molar-refractivity contribution is 7.98. The van der Waals surface area contributed by atoms with Gasteiger partial charge in [-0.15, -0.1) is 8.78 Å². The third-order valence-corrected chi connectivity index (χ3v) is 3.41. The van der Waals surface area contributed by atoms with Crippen LogP contribution in [0.5, 0.6) is 11.5 Å². The van der Waals surface area contributed by atoms with Gasteiger partial charge in [-0.1, -0.05) is 0 Å². The molecule has 4 nitrogen and oxygen atoms in total. The Balaban J connectivity index is 1.87. The SMILES string of the molecule is CSCCCNC(=S)Nc1ccc2c(c1)OC(F)(F)O2. The van der Waals surface area contributed by atoms with Crippen LogP contribution in [0.15, 0.2) is 18.2 Å². The average Bonchev–Trinajstić information content (AvgIpc) is 2.68. The van der Waals surface area contributed by atoms with E-state index < -0.39 is 6.29 Å². The fourth-order valence-corrected chi connectivity index (χ4v) is 2.27. The molecular weight excluding hydrogens is 306 g/mol. The second-order valence-corrected chi connectivity index (χ2v) is 5.45. The van der Waals surface area contributed by atoms with Crippen molar-refractivity contribution in [3.8, 4) is 11.5 Å². The molecule has 0 saturated heterocycles. The first-order valence-corrected chi connectivity index (χ1v) is 7.74. The summed E-state index contributed by atoms with van der Waals surface area (Å²) in [5.74, 6) is 1.05. The molecule has 0 amide bonds. The lowest BCUT2D eigenvalue weighted by Gasteiger charge is -2.10. The molecule has 0 bridgehead atoms. The number of alkyl halides is 2. The molecule has 0 fully saturated rings. The Morgan fingerprint density at radius 3 is 2.85 bits per heavy atom. The fourth-order valence-electron chi connectivity index (χ4n) is 1.62. The number of fused-ring (bicyclic) bond motifs is 1. The molecule has 0 unspecified atom stereocenters. The van der Waals surface area contributed by atoms with Crippen molar-refractivity contribution >= 4 is 34.8 Å². The maximum Gasteiger partial charge on any atom is 0.586 e. The van der Waals surface area contributed by atoms with Gasteiger partial charge in [-0.2, -0.15) is 11.8 Å². The Kier molecular flexibility index (Phi) is 4.87. The van der Waals surface area contributed by atoms with Crippen LogP contribution in [-0.2, 0) is 0 Å². The minimum Gasteiger partial charge on any atom is -0.395 e. The summed E-state index contributed by atoms with van der Waals surface area (Å²) in [7, 11) is 0. The molecule has 20 heavy (non-hydrogen) atoms. The highest BCUT2D eigenvalue weighted by atomic mass is 32.2. The van der Waals surface area contributed by atoms with Gasteiger partial charge < -0.3 is 20.1 Å². The average molecular weight is 320 g/mol. The maximum absolute atomic E-state index is 12.9. The van der Waals surface area contributed by atoms with Gasteiger partial charge in [0.25, 0.3) is 0 Å². The minimum atomic E-state index is -3.60. The smallest absolute Gasteiger partial charge is 0.395 e. The number of anilines is 1. The van der Waals surface area contributed by atoms with Gasteiger partial charge in [0.15, 0.2) is 16.6 Å². The summed E-state index contributed by atoms with van der Waals surface area (Å²) in [6, 6.07) is 4.43. The summed E-state index contributed by atoms with van der Waals surface area (Å²) < 4.78 is 34.4. The number of thioether (sulfide) groups is 1. The van der Waals surface area contributed by atoms with Crippen LogP contribution in [0.3, 0.4) is 0 Å². The number of nitrogens with one attached hydrogen (secondary N) is 2. The van der Waals surface area contributed by atoms with Crippen molar-refractivity contribution in [2.45, 2.75) is 12.7 Å². The van der Waals surface area contributed by atoms with Crippen molar-refractivity contribution in [3.05, 3.63) is 18.2 Å². The van der Waals surface area contributed by atoms with Crippen LogP contribution in [0.4, 0.5) is 14.5 Å². The van der Waals surface area contributed by atoms with E-state index in [-0.39, 0.29) is 11.5 Å². The Bertz CT molecular complexity index is 500. The number of hydrogen-bond donors (Lipinski definition) is 2. The number of thiocarbonyl (C=S) groups is 1. The summed E-state index contributed by atoms with van der Waals surface area (Å²) in [6.07, 6.45) is -0.563. The second kappa shape index (κ2) is 6.45. The Morgan fingerprint density at radius 1 is 1.35 bits per heavy atom. The third kappa shape index (κ3) is 4.11. The van der Waals surface area contributed by atoms with E-state index in [4.69, 9.17) is 12.2 Å². The van der Waals surface area contributed by atoms with Crippen molar-refractivity contribution in [1.29, 1.82) is 0 Å². The van der Waals surface area contributed by atoms with Gasteiger partial charge >= 0.3 is 6.29 Å². The van der Waals surface area contributed by atoms with Gasteiger partial charge in [-0.25, -0.2) is 0 Å². The molecule has 0 radical (unpaired) electrons. The van der Waals surface area contributed by atoms with Crippen LogP contribution in [0, 0.1) is 0 Å². The lowest BCUT2D eigenvalue weighted by molar-refractivity contribution is -0.286. The monoisotopic (exact) mass is 320 g/mol. The molecule has 8 heteroatoms.